The minimum atomic E-state index is 0.605. The lowest BCUT2D eigenvalue weighted by Crippen LogP contribution is -2.35. The summed E-state index contributed by atoms with van der Waals surface area (Å²) in [6.07, 6.45) is 2.51. The summed E-state index contributed by atoms with van der Waals surface area (Å²) in [7, 11) is 1.97. The topological polar surface area (TPSA) is 36.9 Å². The largest absolute Gasteiger partial charge is 0.338 e. The fraction of sp³-hybridized carbons (Fsp3) is 0.800. The monoisotopic (exact) mass is 226 g/mol. The molecule has 1 aliphatic heterocycles. The minimum Gasteiger partial charge on any atom is -0.338 e. The van der Waals surface area contributed by atoms with Crippen LogP contribution in [0.15, 0.2) is 0 Å². The molecule has 0 aliphatic carbocycles. The summed E-state index contributed by atoms with van der Waals surface area (Å²) < 4.78 is 2.65. The van der Waals surface area contributed by atoms with E-state index in [0.717, 1.165) is 12.5 Å². The van der Waals surface area contributed by atoms with Gasteiger partial charge in [0.2, 0.25) is 5.95 Å². The molecule has 1 atom stereocenters. The average Bonchev–Trinajstić information content (AvgIpc) is 2.75. The summed E-state index contributed by atoms with van der Waals surface area (Å²) in [5, 5.41) is 7.15. The van der Waals surface area contributed by atoms with Crippen molar-refractivity contribution in [2.75, 3.05) is 11.4 Å². The maximum atomic E-state index is 5.13. The van der Waals surface area contributed by atoms with Crippen LogP contribution < -0.4 is 4.90 Å². The van der Waals surface area contributed by atoms with Crippen molar-refractivity contribution in [3.05, 3.63) is 4.77 Å². The zero-order chi connectivity index (χ0) is 11.0. The number of nitrogens with zero attached hydrogens (tertiary/aromatic N) is 3. The molecule has 1 aromatic heterocycles. The lowest BCUT2D eigenvalue weighted by Gasteiger charge is -2.27. The second kappa shape index (κ2) is 3.96. The Morgan fingerprint density at radius 3 is 2.80 bits per heavy atom. The van der Waals surface area contributed by atoms with Crippen LogP contribution in [0.4, 0.5) is 5.95 Å². The molecule has 84 valence electrons. The molecule has 5 heteroatoms. The molecular formula is C10H18N4S. The number of rotatable bonds is 2. The number of nitrogens with one attached hydrogen (secondary N) is 1. The van der Waals surface area contributed by atoms with Gasteiger partial charge in [0.15, 0.2) is 4.77 Å². The number of aromatic nitrogens is 3. The first-order valence-electron chi connectivity index (χ1n) is 5.49. The lowest BCUT2D eigenvalue weighted by atomic mass is 10.0. The first kappa shape index (κ1) is 10.7. The van der Waals surface area contributed by atoms with E-state index >= 15 is 0 Å². The molecule has 1 unspecified atom stereocenters. The third-order valence-electron chi connectivity index (χ3n) is 3.18. The first-order chi connectivity index (χ1) is 7.11. The van der Waals surface area contributed by atoms with Gasteiger partial charge in [-0.3, -0.25) is 4.57 Å². The van der Waals surface area contributed by atoms with Crippen molar-refractivity contribution in [2.24, 2.45) is 13.0 Å². The van der Waals surface area contributed by atoms with Crippen molar-refractivity contribution in [3.8, 4) is 0 Å². The molecule has 0 aromatic carbocycles. The average molecular weight is 226 g/mol. The van der Waals surface area contributed by atoms with Crippen LogP contribution in [0.2, 0.25) is 0 Å². The molecule has 2 heterocycles. The highest BCUT2D eigenvalue weighted by Crippen LogP contribution is 2.27. The van der Waals surface area contributed by atoms with Crippen molar-refractivity contribution in [2.45, 2.75) is 32.7 Å². The number of aromatic amines is 1. The Hall–Kier alpha value is -0.840. The van der Waals surface area contributed by atoms with E-state index in [1.54, 1.807) is 0 Å². The molecule has 0 radical (unpaired) electrons. The van der Waals surface area contributed by atoms with Gasteiger partial charge in [-0.2, -0.15) is 0 Å². The van der Waals surface area contributed by atoms with Crippen LogP contribution in [-0.2, 0) is 7.05 Å². The van der Waals surface area contributed by atoms with Crippen molar-refractivity contribution >= 4 is 18.2 Å². The highest BCUT2D eigenvalue weighted by molar-refractivity contribution is 7.71. The number of hydrogen-bond donors (Lipinski definition) is 1. The van der Waals surface area contributed by atoms with Crippen molar-refractivity contribution in [1.29, 1.82) is 0 Å². The van der Waals surface area contributed by atoms with Gasteiger partial charge in [-0.05, 0) is 31.0 Å². The second-order valence-corrected chi connectivity index (χ2v) is 4.92. The summed E-state index contributed by atoms with van der Waals surface area (Å²) in [6, 6.07) is 0.605. The van der Waals surface area contributed by atoms with E-state index < -0.39 is 0 Å². The van der Waals surface area contributed by atoms with Crippen molar-refractivity contribution in [3.63, 3.8) is 0 Å². The van der Waals surface area contributed by atoms with E-state index in [1.807, 2.05) is 11.6 Å². The van der Waals surface area contributed by atoms with E-state index in [4.69, 9.17) is 12.2 Å². The van der Waals surface area contributed by atoms with Crippen LogP contribution in [0.1, 0.15) is 26.7 Å². The Balaban J connectivity index is 2.30. The fourth-order valence-electron chi connectivity index (χ4n) is 2.33. The number of hydrogen-bond acceptors (Lipinski definition) is 3. The van der Waals surface area contributed by atoms with E-state index in [2.05, 4.69) is 28.9 Å². The third-order valence-corrected chi connectivity index (χ3v) is 3.55. The van der Waals surface area contributed by atoms with Gasteiger partial charge in [0.25, 0.3) is 0 Å². The van der Waals surface area contributed by atoms with Gasteiger partial charge in [-0.25, -0.2) is 5.10 Å². The smallest absolute Gasteiger partial charge is 0.225 e. The molecule has 0 bridgehead atoms. The van der Waals surface area contributed by atoms with Gasteiger partial charge < -0.3 is 4.90 Å². The van der Waals surface area contributed by atoms with Gasteiger partial charge in [-0.1, -0.05) is 13.8 Å². The van der Waals surface area contributed by atoms with Gasteiger partial charge in [0.1, 0.15) is 0 Å². The van der Waals surface area contributed by atoms with E-state index in [0.29, 0.717) is 16.7 Å². The van der Waals surface area contributed by atoms with Gasteiger partial charge in [0, 0.05) is 19.6 Å². The molecule has 1 saturated heterocycles. The van der Waals surface area contributed by atoms with Crippen LogP contribution in [-0.4, -0.2) is 27.4 Å². The molecular weight excluding hydrogens is 208 g/mol. The normalized spacial score (nSPS) is 21.6. The van der Waals surface area contributed by atoms with E-state index in [1.165, 1.54) is 12.8 Å². The zero-order valence-corrected chi connectivity index (χ0v) is 10.3. The van der Waals surface area contributed by atoms with Crippen LogP contribution in [0, 0.1) is 10.7 Å². The second-order valence-electron chi connectivity index (χ2n) is 4.53. The Morgan fingerprint density at radius 1 is 1.53 bits per heavy atom. The quantitative estimate of drug-likeness (QED) is 0.785. The van der Waals surface area contributed by atoms with Gasteiger partial charge in [-0.15, -0.1) is 5.10 Å². The van der Waals surface area contributed by atoms with Crippen molar-refractivity contribution in [1.82, 2.24) is 14.8 Å². The van der Waals surface area contributed by atoms with E-state index in [-0.39, 0.29) is 0 Å². The molecule has 1 N–H and O–H groups in total. The molecule has 0 saturated carbocycles. The molecule has 1 fully saturated rings. The van der Waals surface area contributed by atoms with Gasteiger partial charge >= 0.3 is 0 Å². The zero-order valence-electron chi connectivity index (χ0n) is 9.53. The predicted molar refractivity (Wildman–Crippen MR) is 63.6 cm³/mol. The molecule has 2 rings (SSSR count). The Bertz CT molecular complexity index is 392. The molecule has 4 nitrogen and oxygen atoms in total. The SMILES string of the molecule is CC(C)C1CCCN1c1n[nH]c(=S)n1C. The Labute approximate surface area is 95.3 Å². The summed E-state index contributed by atoms with van der Waals surface area (Å²) >= 11 is 5.13. The third kappa shape index (κ3) is 1.80. The highest BCUT2D eigenvalue weighted by atomic mass is 32.1. The maximum absolute atomic E-state index is 5.13. The number of H-pyrrole nitrogens is 1. The molecule has 0 amide bonds. The van der Waals surface area contributed by atoms with Crippen molar-refractivity contribution < 1.29 is 0 Å². The van der Waals surface area contributed by atoms with Crippen LogP contribution >= 0.6 is 12.2 Å². The van der Waals surface area contributed by atoms with E-state index in [9.17, 15) is 0 Å². The summed E-state index contributed by atoms with van der Waals surface area (Å²) in [6.45, 7) is 5.63. The summed E-state index contributed by atoms with van der Waals surface area (Å²) in [4.78, 5) is 2.37. The number of anilines is 1. The highest BCUT2D eigenvalue weighted by Gasteiger charge is 2.29. The standard InChI is InChI=1S/C10H18N4S/c1-7(2)8-5-4-6-14(8)9-11-12-10(15)13(9)3/h7-8H,4-6H2,1-3H3,(H,12,15). The molecule has 0 spiro atoms. The molecule has 1 aromatic rings. The van der Waals surface area contributed by atoms with Crippen LogP contribution in [0.5, 0.6) is 0 Å². The summed E-state index contributed by atoms with van der Waals surface area (Å²) in [5.74, 6) is 1.65. The van der Waals surface area contributed by atoms with Gasteiger partial charge in [0.05, 0.1) is 0 Å². The lowest BCUT2D eigenvalue weighted by molar-refractivity contribution is 0.484. The Morgan fingerprint density at radius 2 is 2.27 bits per heavy atom. The van der Waals surface area contributed by atoms with Crippen LogP contribution in [0.3, 0.4) is 0 Å². The predicted octanol–water partition coefficient (Wildman–Crippen LogP) is 2.10. The maximum Gasteiger partial charge on any atom is 0.225 e. The minimum absolute atomic E-state index is 0.605. The van der Waals surface area contributed by atoms with Crippen LogP contribution in [0.25, 0.3) is 0 Å². The molecule has 15 heavy (non-hydrogen) atoms. The fourth-order valence-corrected chi connectivity index (χ4v) is 2.46. The Kier molecular flexibility index (Phi) is 2.82. The summed E-state index contributed by atoms with van der Waals surface area (Å²) in [5.41, 5.74) is 0. The first-order valence-corrected chi connectivity index (χ1v) is 5.90. The molecule has 1 aliphatic rings.